The molecule has 0 aromatic rings. The zero-order valence-corrected chi connectivity index (χ0v) is 30.4. The van der Waals surface area contributed by atoms with Crippen LogP contribution in [0.3, 0.4) is 0 Å². The Morgan fingerprint density at radius 1 is 0.467 bits per heavy atom. The number of unbranched alkanes of at least 4 members (excludes halogenated alkanes) is 26. The van der Waals surface area contributed by atoms with Crippen LogP contribution in [-0.2, 0) is 14.3 Å². The fourth-order valence-electron chi connectivity index (χ4n) is 6.24. The van der Waals surface area contributed by atoms with Crippen LogP contribution in [0.15, 0.2) is 12.2 Å². The lowest BCUT2D eigenvalue weighted by Gasteiger charge is -2.18. The Hall–Kier alpha value is -1.32. The molecule has 0 saturated heterocycles. The summed E-state index contributed by atoms with van der Waals surface area (Å²) in [6.45, 7) is 4.51. The number of ether oxygens (including phenoxy) is 1. The summed E-state index contributed by atoms with van der Waals surface area (Å²) in [6.07, 6.45) is 45.6. The van der Waals surface area contributed by atoms with E-state index in [-0.39, 0.29) is 12.1 Å². The molecule has 0 heterocycles. The number of rotatable bonds is 37. The van der Waals surface area contributed by atoms with Crippen LogP contribution in [0.4, 0.5) is 0 Å². The Morgan fingerprint density at radius 3 is 1.24 bits per heavy atom. The lowest BCUT2D eigenvalue weighted by molar-refractivity contribution is -0.150. The standard InChI is InChI=1S/C41H78O4/c1-3-5-7-8-9-10-11-12-13-14-15-16-17-18-19-20-21-22-27-30-34-38-41(44)45-39(35-31-6-4-2)36-32-28-25-23-24-26-29-33-37-40(42)43/h12-13,39H,3-11,14-38H2,1-2H3,(H,42,43)/b13-12-. The minimum atomic E-state index is -0.682. The highest BCUT2D eigenvalue weighted by atomic mass is 16.5. The number of carboxylic acids is 1. The molecule has 0 rings (SSSR count). The third-order valence-corrected chi connectivity index (χ3v) is 9.24. The number of esters is 1. The molecule has 4 nitrogen and oxygen atoms in total. The van der Waals surface area contributed by atoms with Crippen molar-refractivity contribution in [3.8, 4) is 0 Å². The van der Waals surface area contributed by atoms with Crippen molar-refractivity contribution in [2.24, 2.45) is 0 Å². The molecule has 1 unspecified atom stereocenters. The maximum atomic E-state index is 12.5. The van der Waals surface area contributed by atoms with Crippen LogP contribution in [0.25, 0.3) is 0 Å². The van der Waals surface area contributed by atoms with E-state index in [0.29, 0.717) is 12.8 Å². The van der Waals surface area contributed by atoms with Crippen molar-refractivity contribution < 1.29 is 19.4 Å². The van der Waals surface area contributed by atoms with Crippen LogP contribution in [0, 0.1) is 0 Å². The van der Waals surface area contributed by atoms with Crippen LogP contribution in [0.5, 0.6) is 0 Å². The minimum absolute atomic E-state index is 0.0196. The van der Waals surface area contributed by atoms with E-state index < -0.39 is 5.97 Å². The molecule has 0 aliphatic heterocycles. The smallest absolute Gasteiger partial charge is 0.306 e. The molecule has 0 saturated carbocycles. The van der Waals surface area contributed by atoms with Gasteiger partial charge in [0, 0.05) is 12.8 Å². The van der Waals surface area contributed by atoms with E-state index in [0.717, 1.165) is 57.8 Å². The molecule has 45 heavy (non-hydrogen) atoms. The second kappa shape index (κ2) is 37.1. The van der Waals surface area contributed by atoms with Gasteiger partial charge in [0.15, 0.2) is 0 Å². The number of carbonyl (C=O) groups excluding carboxylic acids is 1. The second-order valence-corrected chi connectivity index (χ2v) is 13.8. The first kappa shape index (κ1) is 43.7. The van der Waals surface area contributed by atoms with E-state index in [1.807, 2.05) is 0 Å². The second-order valence-electron chi connectivity index (χ2n) is 13.8. The lowest BCUT2D eigenvalue weighted by atomic mass is 10.0. The highest BCUT2D eigenvalue weighted by Gasteiger charge is 2.14. The lowest BCUT2D eigenvalue weighted by Crippen LogP contribution is -2.18. The summed E-state index contributed by atoms with van der Waals surface area (Å²) in [5, 5.41) is 8.71. The molecule has 1 N–H and O–H groups in total. The molecule has 0 bridgehead atoms. The number of aliphatic carboxylic acids is 1. The van der Waals surface area contributed by atoms with Gasteiger partial charge in [0.2, 0.25) is 0 Å². The van der Waals surface area contributed by atoms with Gasteiger partial charge in [-0.05, 0) is 64.2 Å². The number of hydrogen-bond donors (Lipinski definition) is 1. The number of allylic oxidation sites excluding steroid dienone is 2. The number of hydrogen-bond acceptors (Lipinski definition) is 3. The van der Waals surface area contributed by atoms with E-state index in [1.54, 1.807) is 0 Å². The predicted molar refractivity (Wildman–Crippen MR) is 195 cm³/mol. The van der Waals surface area contributed by atoms with Crippen LogP contribution >= 0.6 is 0 Å². The SMILES string of the molecule is CCCCCCCC/C=C\CCCCCCCCCCCCCC(=O)OC(CCCCC)CCCCCCCCCCC(=O)O. The zero-order valence-electron chi connectivity index (χ0n) is 30.4. The third-order valence-electron chi connectivity index (χ3n) is 9.24. The van der Waals surface area contributed by atoms with E-state index in [1.165, 1.54) is 148 Å². The maximum Gasteiger partial charge on any atom is 0.306 e. The van der Waals surface area contributed by atoms with Crippen LogP contribution in [0.2, 0.25) is 0 Å². The van der Waals surface area contributed by atoms with Crippen molar-refractivity contribution >= 4 is 11.9 Å². The monoisotopic (exact) mass is 635 g/mol. The molecule has 0 aromatic heterocycles. The fourth-order valence-corrected chi connectivity index (χ4v) is 6.24. The Labute approximate surface area is 281 Å². The average molecular weight is 635 g/mol. The molecule has 1 atom stereocenters. The van der Waals surface area contributed by atoms with Crippen LogP contribution in [-0.4, -0.2) is 23.1 Å². The molecule has 0 aromatic carbocycles. The van der Waals surface area contributed by atoms with Gasteiger partial charge >= 0.3 is 11.9 Å². The normalized spacial score (nSPS) is 12.2. The van der Waals surface area contributed by atoms with E-state index in [4.69, 9.17) is 9.84 Å². The molecular formula is C41H78O4. The van der Waals surface area contributed by atoms with Gasteiger partial charge in [-0.25, -0.2) is 0 Å². The van der Waals surface area contributed by atoms with Gasteiger partial charge in [-0.3, -0.25) is 9.59 Å². The maximum absolute atomic E-state index is 12.5. The first-order chi connectivity index (χ1) is 22.1. The summed E-state index contributed by atoms with van der Waals surface area (Å²) in [7, 11) is 0. The molecule has 0 aliphatic carbocycles. The minimum Gasteiger partial charge on any atom is -0.481 e. The average Bonchev–Trinajstić information content (AvgIpc) is 3.02. The van der Waals surface area contributed by atoms with E-state index in [2.05, 4.69) is 26.0 Å². The summed E-state index contributed by atoms with van der Waals surface area (Å²) in [4.78, 5) is 23.1. The Balaban J connectivity index is 3.63. The van der Waals surface area contributed by atoms with Crippen LogP contribution < -0.4 is 0 Å². The fraction of sp³-hybridized carbons (Fsp3) is 0.902. The first-order valence-electron chi connectivity index (χ1n) is 20.2. The first-order valence-corrected chi connectivity index (χ1v) is 20.2. The van der Waals surface area contributed by atoms with Crippen molar-refractivity contribution in [2.75, 3.05) is 0 Å². The van der Waals surface area contributed by atoms with Gasteiger partial charge in [0.1, 0.15) is 6.10 Å². The Morgan fingerprint density at radius 2 is 0.800 bits per heavy atom. The molecule has 0 fully saturated rings. The highest BCUT2D eigenvalue weighted by Crippen LogP contribution is 2.18. The van der Waals surface area contributed by atoms with E-state index in [9.17, 15) is 9.59 Å². The number of carboxylic acid groups (broad SMARTS) is 1. The van der Waals surface area contributed by atoms with Crippen molar-refractivity contribution in [1.29, 1.82) is 0 Å². The molecular weight excluding hydrogens is 556 g/mol. The third kappa shape index (κ3) is 37.0. The van der Waals surface area contributed by atoms with Crippen LogP contribution in [0.1, 0.15) is 232 Å². The largest absolute Gasteiger partial charge is 0.481 e. The molecule has 0 spiro atoms. The van der Waals surface area contributed by atoms with Gasteiger partial charge in [0.25, 0.3) is 0 Å². The number of carbonyl (C=O) groups is 2. The summed E-state index contributed by atoms with van der Waals surface area (Å²) in [5.74, 6) is -0.662. The van der Waals surface area contributed by atoms with Crippen molar-refractivity contribution in [3.05, 3.63) is 12.2 Å². The summed E-state index contributed by atoms with van der Waals surface area (Å²) >= 11 is 0. The van der Waals surface area contributed by atoms with Gasteiger partial charge in [0.05, 0.1) is 0 Å². The van der Waals surface area contributed by atoms with Gasteiger partial charge < -0.3 is 9.84 Å². The highest BCUT2D eigenvalue weighted by molar-refractivity contribution is 5.69. The molecule has 266 valence electrons. The predicted octanol–water partition coefficient (Wildman–Crippen LogP) is 13.8. The Bertz CT molecular complexity index is 643. The summed E-state index contributed by atoms with van der Waals surface area (Å²) < 4.78 is 5.94. The summed E-state index contributed by atoms with van der Waals surface area (Å²) in [5.41, 5.74) is 0. The van der Waals surface area contributed by atoms with Crippen molar-refractivity contribution in [2.45, 2.75) is 238 Å². The van der Waals surface area contributed by atoms with Crippen molar-refractivity contribution in [1.82, 2.24) is 0 Å². The zero-order chi connectivity index (χ0) is 32.9. The quantitative estimate of drug-likeness (QED) is 0.0419. The van der Waals surface area contributed by atoms with Crippen molar-refractivity contribution in [3.63, 3.8) is 0 Å². The Kier molecular flexibility index (Phi) is 36.1. The summed E-state index contributed by atoms with van der Waals surface area (Å²) in [6, 6.07) is 0. The molecule has 4 heteroatoms. The van der Waals surface area contributed by atoms with Gasteiger partial charge in [-0.1, -0.05) is 167 Å². The van der Waals surface area contributed by atoms with E-state index >= 15 is 0 Å². The molecule has 0 aliphatic rings. The van der Waals surface area contributed by atoms with Gasteiger partial charge in [-0.2, -0.15) is 0 Å². The topological polar surface area (TPSA) is 63.6 Å². The van der Waals surface area contributed by atoms with Gasteiger partial charge in [-0.15, -0.1) is 0 Å². The molecule has 0 amide bonds. The molecule has 0 radical (unpaired) electrons.